The summed E-state index contributed by atoms with van der Waals surface area (Å²) >= 11 is 0. The molecule has 0 saturated heterocycles. The number of carbonyl (C=O) groups is 1. The summed E-state index contributed by atoms with van der Waals surface area (Å²) < 4.78 is 11.6. The van der Waals surface area contributed by atoms with Gasteiger partial charge in [0.05, 0.1) is 24.5 Å². The lowest BCUT2D eigenvalue weighted by molar-refractivity contribution is 0.194. The van der Waals surface area contributed by atoms with E-state index >= 15 is 0 Å². The van der Waals surface area contributed by atoms with Gasteiger partial charge in [-0.05, 0) is 19.1 Å². The molecule has 144 valence electrons. The summed E-state index contributed by atoms with van der Waals surface area (Å²) in [6, 6.07) is 5.51. The van der Waals surface area contributed by atoms with E-state index in [4.69, 9.17) is 9.47 Å². The number of amides is 1. The SMILES string of the molecule is COc1ccnc(OC(=O)NC(C)c2nc(-c3ccncn3)cc(=O)n2C)c1. The zero-order chi connectivity index (χ0) is 20.1. The summed E-state index contributed by atoms with van der Waals surface area (Å²) in [7, 11) is 3.07. The van der Waals surface area contributed by atoms with Gasteiger partial charge in [-0.1, -0.05) is 0 Å². The largest absolute Gasteiger partial charge is 0.497 e. The van der Waals surface area contributed by atoms with Crippen LogP contribution in [0.5, 0.6) is 11.6 Å². The van der Waals surface area contributed by atoms with Crippen LogP contribution in [0.2, 0.25) is 0 Å². The number of pyridine rings is 1. The van der Waals surface area contributed by atoms with Gasteiger partial charge in [-0.2, -0.15) is 0 Å². The summed E-state index contributed by atoms with van der Waals surface area (Å²) in [5.41, 5.74) is 0.608. The van der Waals surface area contributed by atoms with Gasteiger partial charge in [0.2, 0.25) is 5.88 Å². The van der Waals surface area contributed by atoms with Crippen LogP contribution in [0.1, 0.15) is 18.8 Å². The van der Waals surface area contributed by atoms with Gasteiger partial charge in [0, 0.05) is 31.6 Å². The first kappa shape index (κ1) is 19.0. The zero-order valence-electron chi connectivity index (χ0n) is 15.5. The maximum atomic E-state index is 12.3. The monoisotopic (exact) mass is 382 g/mol. The molecule has 1 N–H and O–H groups in total. The third-order valence-corrected chi connectivity index (χ3v) is 3.87. The Balaban J connectivity index is 1.79. The third-order valence-electron chi connectivity index (χ3n) is 3.87. The van der Waals surface area contributed by atoms with Gasteiger partial charge >= 0.3 is 6.09 Å². The van der Waals surface area contributed by atoms with E-state index in [0.717, 1.165) is 0 Å². The zero-order valence-corrected chi connectivity index (χ0v) is 15.5. The molecule has 28 heavy (non-hydrogen) atoms. The van der Waals surface area contributed by atoms with Crippen molar-refractivity contribution in [2.45, 2.75) is 13.0 Å². The Morgan fingerprint density at radius 1 is 1.18 bits per heavy atom. The molecule has 0 aromatic carbocycles. The Kier molecular flexibility index (Phi) is 5.58. The van der Waals surface area contributed by atoms with Crippen LogP contribution < -0.4 is 20.3 Å². The van der Waals surface area contributed by atoms with Crippen molar-refractivity contribution in [3.05, 3.63) is 59.2 Å². The fraction of sp³-hybridized carbons (Fsp3) is 0.222. The number of hydrogen-bond donors (Lipinski definition) is 1. The molecule has 0 radical (unpaired) electrons. The van der Waals surface area contributed by atoms with E-state index < -0.39 is 12.1 Å². The van der Waals surface area contributed by atoms with E-state index in [2.05, 4.69) is 25.3 Å². The Bertz CT molecular complexity index is 1040. The molecular formula is C18H18N6O4. The lowest BCUT2D eigenvalue weighted by Crippen LogP contribution is -2.34. The van der Waals surface area contributed by atoms with Gasteiger partial charge in [-0.15, -0.1) is 0 Å². The summed E-state index contributed by atoms with van der Waals surface area (Å²) in [4.78, 5) is 40.8. The molecule has 1 amide bonds. The number of nitrogens with zero attached hydrogens (tertiary/aromatic N) is 5. The average molecular weight is 382 g/mol. The second kappa shape index (κ2) is 8.25. The molecule has 0 spiro atoms. The quantitative estimate of drug-likeness (QED) is 0.704. The Hall–Kier alpha value is -3.82. The van der Waals surface area contributed by atoms with E-state index in [1.807, 2.05) is 0 Å². The van der Waals surface area contributed by atoms with Crippen LogP contribution in [0.15, 0.2) is 47.8 Å². The summed E-state index contributed by atoms with van der Waals surface area (Å²) in [5, 5.41) is 2.63. The van der Waals surface area contributed by atoms with E-state index in [1.54, 1.807) is 32.3 Å². The molecule has 10 heteroatoms. The van der Waals surface area contributed by atoms with Crippen LogP contribution in [0.4, 0.5) is 4.79 Å². The summed E-state index contributed by atoms with van der Waals surface area (Å²) in [6.45, 7) is 1.69. The first-order chi connectivity index (χ1) is 13.5. The predicted octanol–water partition coefficient (Wildman–Crippen LogP) is 1.49. The maximum absolute atomic E-state index is 12.3. The molecule has 3 aromatic rings. The first-order valence-electron chi connectivity index (χ1n) is 8.30. The number of ether oxygens (including phenoxy) is 2. The number of rotatable bonds is 5. The molecule has 3 aromatic heterocycles. The number of hydrogen-bond acceptors (Lipinski definition) is 8. The Morgan fingerprint density at radius 2 is 2.00 bits per heavy atom. The normalized spacial score (nSPS) is 11.5. The molecule has 0 aliphatic carbocycles. The number of nitrogens with one attached hydrogen (secondary N) is 1. The van der Waals surface area contributed by atoms with Crippen molar-refractivity contribution in [2.24, 2.45) is 7.05 Å². The highest BCUT2D eigenvalue weighted by Gasteiger charge is 2.18. The molecular weight excluding hydrogens is 364 g/mol. The van der Waals surface area contributed by atoms with Gasteiger partial charge in [-0.25, -0.2) is 24.7 Å². The predicted molar refractivity (Wildman–Crippen MR) is 98.9 cm³/mol. The molecule has 0 saturated carbocycles. The van der Waals surface area contributed by atoms with Crippen molar-refractivity contribution in [3.8, 4) is 23.0 Å². The van der Waals surface area contributed by atoms with Gasteiger partial charge < -0.3 is 14.8 Å². The Labute approximate surface area is 160 Å². The minimum atomic E-state index is -0.741. The topological polar surface area (TPSA) is 121 Å². The number of aromatic nitrogens is 5. The van der Waals surface area contributed by atoms with E-state index in [1.165, 1.54) is 36.3 Å². The van der Waals surface area contributed by atoms with Crippen LogP contribution in [-0.4, -0.2) is 37.7 Å². The highest BCUT2D eigenvalue weighted by molar-refractivity contribution is 5.70. The number of methoxy groups -OCH3 is 1. The van der Waals surface area contributed by atoms with Crippen LogP contribution in [0.3, 0.4) is 0 Å². The molecule has 0 fully saturated rings. The molecule has 0 aliphatic rings. The molecule has 10 nitrogen and oxygen atoms in total. The summed E-state index contributed by atoms with van der Waals surface area (Å²) in [5.74, 6) is 0.935. The third kappa shape index (κ3) is 4.29. The second-order valence-electron chi connectivity index (χ2n) is 5.78. The van der Waals surface area contributed by atoms with Crippen molar-refractivity contribution in [1.29, 1.82) is 0 Å². The average Bonchev–Trinajstić information content (AvgIpc) is 2.70. The number of carbonyl (C=O) groups excluding carboxylic acids is 1. The molecule has 0 bridgehead atoms. The second-order valence-corrected chi connectivity index (χ2v) is 5.78. The van der Waals surface area contributed by atoms with Gasteiger partial charge in [-0.3, -0.25) is 9.36 Å². The van der Waals surface area contributed by atoms with Crippen molar-refractivity contribution in [1.82, 2.24) is 29.8 Å². The fourth-order valence-corrected chi connectivity index (χ4v) is 2.46. The van der Waals surface area contributed by atoms with Crippen LogP contribution >= 0.6 is 0 Å². The highest BCUT2D eigenvalue weighted by atomic mass is 16.6. The van der Waals surface area contributed by atoms with Gasteiger partial charge in [0.25, 0.3) is 5.56 Å². The first-order valence-corrected chi connectivity index (χ1v) is 8.30. The van der Waals surface area contributed by atoms with Gasteiger partial charge in [0.15, 0.2) is 0 Å². The molecule has 0 aliphatic heterocycles. The van der Waals surface area contributed by atoms with E-state index in [0.29, 0.717) is 23.0 Å². The smallest absolute Gasteiger partial charge is 0.414 e. The minimum absolute atomic E-state index is 0.0839. The van der Waals surface area contributed by atoms with Crippen molar-refractivity contribution in [2.75, 3.05) is 7.11 Å². The van der Waals surface area contributed by atoms with Crippen LogP contribution in [0.25, 0.3) is 11.4 Å². The van der Waals surface area contributed by atoms with E-state index in [-0.39, 0.29) is 11.4 Å². The minimum Gasteiger partial charge on any atom is -0.497 e. The van der Waals surface area contributed by atoms with Crippen molar-refractivity contribution >= 4 is 6.09 Å². The molecule has 3 heterocycles. The van der Waals surface area contributed by atoms with Gasteiger partial charge in [0.1, 0.15) is 17.9 Å². The lowest BCUT2D eigenvalue weighted by atomic mass is 10.2. The standard InChI is InChI=1S/C18H18N6O4/c1-11(22-18(26)28-15-8-12(27-3)4-7-20-15)17-23-14(9-16(25)24(17)2)13-5-6-19-10-21-13/h4-11H,1-3H3,(H,22,26). The summed E-state index contributed by atoms with van der Waals surface area (Å²) in [6.07, 6.45) is 3.65. The lowest BCUT2D eigenvalue weighted by Gasteiger charge is -2.17. The van der Waals surface area contributed by atoms with Crippen molar-refractivity contribution < 1.29 is 14.3 Å². The molecule has 1 atom stereocenters. The fourth-order valence-electron chi connectivity index (χ4n) is 2.46. The highest BCUT2D eigenvalue weighted by Crippen LogP contribution is 2.17. The van der Waals surface area contributed by atoms with E-state index in [9.17, 15) is 9.59 Å². The maximum Gasteiger partial charge on any atom is 0.414 e. The van der Waals surface area contributed by atoms with Crippen LogP contribution in [0, 0.1) is 0 Å². The Morgan fingerprint density at radius 3 is 2.71 bits per heavy atom. The molecule has 3 rings (SSSR count). The van der Waals surface area contributed by atoms with Crippen LogP contribution in [-0.2, 0) is 7.05 Å². The molecule has 1 unspecified atom stereocenters. The van der Waals surface area contributed by atoms with Crippen molar-refractivity contribution in [3.63, 3.8) is 0 Å².